The highest BCUT2D eigenvalue weighted by Gasteiger charge is 2.22. The first-order valence-electron chi connectivity index (χ1n) is 6.88. The molecular weight excluding hydrogens is 306 g/mol. The number of carbonyl (C=O) groups is 1. The van der Waals surface area contributed by atoms with Crippen molar-refractivity contribution in [2.45, 2.75) is 6.61 Å². The lowest BCUT2D eigenvalue weighted by Crippen LogP contribution is -2.48. The maximum absolute atomic E-state index is 12.4. The lowest BCUT2D eigenvalue weighted by molar-refractivity contribution is -0.120. The van der Waals surface area contributed by atoms with E-state index in [1.54, 1.807) is 11.0 Å². The van der Waals surface area contributed by atoms with Gasteiger partial charge < -0.3 is 15.0 Å². The summed E-state index contributed by atoms with van der Waals surface area (Å²) in [6.07, 6.45) is 1.41. The van der Waals surface area contributed by atoms with Gasteiger partial charge in [0.2, 0.25) is 5.91 Å². The van der Waals surface area contributed by atoms with Crippen LogP contribution < -0.4 is 15.0 Å². The number of nitrogens with one attached hydrogen (secondary N) is 1. The third-order valence-corrected chi connectivity index (χ3v) is 3.51. The molecule has 2 aromatic rings. The van der Waals surface area contributed by atoms with E-state index in [1.807, 2.05) is 6.07 Å². The summed E-state index contributed by atoms with van der Waals surface area (Å²) in [6, 6.07) is 6.38. The first-order valence-corrected chi connectivity index (χ1v) is 6.88. The molecule has 6 nitrogen and oxygen atoms in total. The summed E-state index contributed by atoms with van der Waals surface area (Å²) in [5.41, 5.74) is 1.32. The van der Waals surface area contributed by atoms with E-state index in [0.717, 1.165) is 0 Å². The van der Waals surface area contributed by atoms with Crippen LogP contribution in [-0.4, -0.2) is 37.1 Å². The summed E-state index contributed by atoms with van der Waals surface area (Å²) in [7, 11) is 0. The monoisotopic (exact) mass is 318 g/mol. The van der Waals surface area contributed by atoms with Crippen LogP contribution in [0.3, 0.4) is 0 Å². The lowest BCUT2D eigenvalue weighted by atomic mass is 10.1. The van der Waals surface area contributed by atoms with E-state index in [-0.39, 0.29) is 23.8 Å². The number of hydrogen-bond acceptors (Lipinski definition) is 5. The number of rotatable bonds is 3. The van der Waals surface area contributed by atoms with Gasteiger partial charge in [-0.15, -0.1) is 0 Å². The molecule has 0 bridgehead atoms. The molecule has 1 aromatic heterocycles. The Morgan fingerprint density at radius 3 is 2.96 bits per heavy atom. The molecule has 1 fully saturated rings. The zero-order valence-corrected chi connectivity index (χ0v) is 11.9. The number of aromatic nitrogens is 1. The highest BCUT2D eigenvalue weighted by Crippen LogP contribution is 2.32. The minimum Gasteiger partial charge on any atom is -0.435 e. The molecule has 3 rings (SSSR count). The van der Waals surface area contributed by atoms with Crippen molar-refractivity contribution < 1.29 is 18.3 Å². The fraction of sp³-hybridized carbons (Fsp3) is 0.267. The van der Waals surface area contributed by atoms with Gasteiger partial charge in [0.25, 0.3) is 0 Å². The number of carbonyl (C=O) groups excluding carboxylic acids is 1. The van der Waals surface area contributed by atoms with E-state index in [0.29, 0.717) is 29.7 Å². The fourth-order valence-corrected chi connectivity index (χ4v) is 2.59. The molecule has 1 N–H and O–H groups in total. The number of ether oxygens (including phenoxy) is 1. The molecule has 0 saturated carbocycles. The standard InChI is InChI=1S/C15H12F2N4O2/c16-15(17)23-10-1-2-12-11(5-10)14(9(6-18)7-20-12)21-4-3-19-13(22)8-21/h1-2,5,7,15H,3-4,8H2,(H,19,22). The van der Waals surface area contributed by atoms with Crippen molar-refractivity contribution in [2.75, 3.05) is 24.5 Å². The van der Waals surface area contributed by atoms with Gasteiger partial charge in [-0.3, -0.25) is 9.78 Å². The smallest absolute Gasteiger partial charge is 0.387 e. The van der Waals surface area contributed by atoms with E-state index in [9.17, 15) is 18.8 Å². The number of fused-ring (bicyclic) bond motifs is 1. The van der Waals surface area contributed by atoms with E-state index in [1.165, 1.54) is 18.3 Å². The summed E-state index contributed by atoms with van der Waals surface area (Å²) in [5.74, 6) is -0.183. The quantitative estimate of drug-likeness (QED) is 0.931. The number of halogens is 2. The third-order valence-electron chi connectivity index (χ3n) is 3.51. The van der Waals surface area contributed by atoms with Crippen molar-refractivity contribution in [2.24, 2.45) is 0 Å². The minimum atomic E-state index is -2.94. The van der Waals surface area contributed by atoms with Gasteiger partial charge in [-0.1, -0.05) is 0 Å². The predicted molar refractivity (Wildman–Crippen MR) is 78.3 cm³/mol. The van der Waals surface area contributed by atoms with E-state index >= 15 is 0 Å². The van der Waals surface area contributed by atoms with Gasteiger partial charge in [0.15, 0.2) is 0 Å². The van der Waals surface area contributed by atoms with Crippen molar-refractivity contribution in [1.29, 1.82) is 5.26 Å². The van der Waals surface area contributed by atoms with Crippen molar-refractivity contribution in [3.8, 4) is 11.8 Å². The Morgan fingerprint density at radius 2 is 2.26 bits per heavy atom. The molecular formula is C15H12F2N4O2. The van der Waals surface area contributed by atoms with E-state index < -0.39 is 6.61 Å². The van der Waals surface area contributed by atoms with Gasteiger partial charge in [-0.05, 0) is 18.2 Å². The molecule has 0 radical (unpaired) electrons. The lowest BCUT2D eigenvalue weighted by Gasteiger charge is -2.30. The number of alkyl halides is 2. The molecule has 0 aliphatic carbocycles. The molecule has 1 aliphatic rings. The summed E-state index contributed by atoms with van der Waals surface area (Å²) >= 11 is 0. The van der Waals surface area contributed by atoms with Crippen LogP contribution in [0.4, 0.5) is 14.5 Å². The number of nitriles is 1. The van der Waals surface area contributed by atoms with Crippen LogP contribution in [0.5, 0.6) is 5.75 Å². The molecule has 1 aromatic carbocycles. The first kappa shape index (κ1) is 15.0. The Morgan fingerprint density at radius 1 is 1.43 bits per heavy atom. The first-order chi connectivity index (χ1) is 11.1. The molecule has 1 aliphatic heterocycles. The summed E-state index contributed by atoms with van der Waals surface area (Å²) < 4.78 is 29.3. The molecule has 0 atom stereocenters. The fourth-order valence-electron chi connectivity index (χ4n) is 2.59. The van der Waals surface area contributed by atoms with Crippen LogP contribution in [-0.2, 0) is 4.79 Å². The summed E-state index contributed by atoms with van der Waals surface area (Å²) in [5, 5.41) is 12.5. The zero-order chi connectivity index (χ0) is 16.4. The van der Waals surface area contributed by atoms with Crippen LogP contribution in [0, 0.1) is 11.3 Å². The number of benzene rings is 1. The number of anilines is 1. The molecule has 23 heavy (non-hydrogen) atoms. The second-order valence-electron chi connectivity index (χ2n) is 4.96. The topological polar surface area (TPSA) is 78.2 Å². The highest BCUT2D eigenvalue weighted by atomic mass is 19.3. The second kappa shape index (κ2) is 6.04. The van der Waals surface area contributed by atoms with Gasteiger partial charge in [-0.2, -0.15) is 14.0 Å². The summed E-state index contributed by atoms with van der Waals surface area (Å²) in [6.45, 7) is -1.89. The Hall–Kier alpha value is -2.95. The Balaban J connectivity index is 2.15. The van der Waals surface area contributed by atoms with Crippen LogP contribution in [0.1, 0.15) is 5.56 Å². The number of amides is 1. The van der Waals surface area contributed by atoms with Crippen LogP contribution in [0.2, 0.25) is 0 Å². The highest BCUT2D eigenvalue weighted by molar-refractivity contribution is 5.97. The van der Waals surface area contributed by atoms with Crippen molar-refractivity contribution in [1.82, 2.24) is 10.3 Å². The minimum absolute atomic E-state index is 0.0212. The zero-order valence-electron chi connectivity index (χ0n) is 11.9. The number of hydrogen-bond donors (Lipinski definition) is 1. The molecule has 2 heterocycles. The Labute approximate surface area is 130 Å². The van der Waals surface area contributed by atoms with E-state index in [2.05, 4.69) is 15.0 Å². The van der Waals surface area contributed by atoms with Crippen LogP contribution in [0.25, 0.3) is 10.9 Å². The Kier molecular flexibility index (Phi) is 3.93. The average molecular weight is 318 g/mol. The van der Waals surface area contributed by atoms with Gasteiger partial charge in [0, 0.05) is 24.7 Å². The van der Waals surface area contributed by atoms with Crippen molar-refractivity contribution >= 4 is 22.5 Å². The molecule has 118 valence electrons. The molecule has 0 spiro atoms. The second-order valence-corrected chi connectivity index (χ2v) is 4.96. The maximum Gasteiger partial charge on any atom is 0.387 e. The summed E-state index contributed by atoms with van der Waals surface area (Å²) in [4.78, 5) is 17.5. The van der Waals surface area contributed by atoms with Gasteiger partial charge >= 0.3 is 6.61 Å². The number of nitrogens with zero attached hydrogens (tertiary/aromatic N) is 3. The number of piperazine rings is 1. The average Bonchev–Trinajstić information content (AvgIpc) is 2.53. The normalized spacial score (nSPS) is 14.7. The van der Waals surface area contributed by atoms with Crippen LogP contribution >= 0.6 is 0 Å². The molecule has 1 amide bonds. The van der Waals surface area contributed by atoms with Crippen LogP contribution in [0.15, 0.2) is 24.4 Å². The molecule has 1 saturated heterocycles. The van der Waals surface area contributed by atoms with Crippen molar-refractivity contribution in [3.63, 3.8) is 0 Å². The largest absolute Gasteiger partial charge is 0.435 e. The maximum atomic E-state index is 12.4. The number of pyridine rings is 1. The molecule has 0 unspecified atom stereocenters. The predicted octanol–water partition coefficient (Wildman–Crippen LogP) is 1.64. The van der Waals surface area contributed by atoms with Gasteiger partial charge in [0.05, 0.1) is 23.3 Å². The van der Waals surface area contributed by atoms with Crippen molar-refractivity contribution in [3.05, 3.63) is 30.0 Å². The van der Waals surface area contributed by atoms with Gasteiger partial charge in [0.1, 0.15) is 11.8 Å². The molecule has 8 heteroatoms. The third kappa shape index (κ3) is 2.99. The van der Waals surface area contributed by atoms with E-state index in [4.69, 9.17) is 0 Å². The van der Waals surface area contributed by atoms with Gasteiger partial charge in [-0.25, -0.2) is 0 Å². The Bertz CT molecular complexity index is 804. The SMILES string of the molecule is N#Cc1cnc2ccc(OC(F)F)cc2c1N1CCNC(=O)C1.